The number of allylic oxidation sites excluding steroid dienone is 1. The Morgan fingerprint density at radius 3 is 2.85 bits per heavy atom. The number of benzene rings is 1. The average molecular weight is 350 g/mol. The summed E-state index contributed by atoms with van der Waals surface area (Å²) in [6, 6.07) is 7.69. The molecule has 5 heteroatoms. The van der Waals surface area contributed by atoms with Crippen LogP contribution in [0.5, 0.6) is 0 Å². The molecule has 1 aliphatic rings. The van der Waals surface area contributed by atoms with Crippen molar-refractivity contribution in [2.24, 2.45) is 0 Å². The minimum Gasteiger partial charge on any atom is -0.370 e. The third-order valence-electron chi connectivity index (χ3n) is 4.68. The van der Waals surface area contributed by atoms with Crippen LogP contribution < -0.4 is 10.6 Å². The maximum absolute atomic E-state index is 12.5. The van der Waals surface area contributed by atoms with Crippen LogP contribution in [0.3, 0.4) is 0 Å². The molecule has 1 aliphatic carbocycles. The van der Waals surface area contributed by atoms with Crippen LogP contribution in [0.1, 0.15) is 53.7 Å². The van der Waals surface area contributed by atoms with Crippen LogP contribution in [-0.2, 0) is 0 Å². The molecule has 2 N–H and O–H groups in total. The van der Waals surface area contributed by atoms with E-state index in [4.69, 9.17) is 0 Å². The Balaban J connectivity index is 1.60. The highest BCUT2D eigenvalue weighted by Crippen LogP contribution is 2.20. The largest absolute Gasteiger partial charge is 0.370 e. The van der Waals surface area contributed by atoms with Gasteiger partial charge in [-0.3, -0.25) is 4.79 Å². The Hall–Kier alpha value is -2.69. The molecule has 0 saturated carbocycles. The molecule has 0 spiro atoms. The topological polar surface area (TPSA) is 66.9 Å². The molecule has 1 amide bonds. The first kappa shape index (κ1) is 18.1. The molecule has 26 heavy (non-hydrogen) atoms. The van der Waals surface area contributed by atoms with Gasteiger partial charge in [0.15, 0.2) is 0 Å². The van der Waals surface area contributed by atoms with E-state index in [0.29, 0.717) is 11.5 Å². The maximum atomic E-state index is 12.5. The summed E-state index contributed by atoms with van der Waals surface area (Å²) in [4.78, 5) is 20.8. The van der Waals surface area contributed by atoms with Crippen LogP contribution in [0.2, 0.25) is 0 Å². The van der Waals surface area contributed by atoms with Crippen LogP contribution >= 0.6 is 0 Å². The number of anilines is 2. The second-order valence-electron chi connectivity index (χ2n) is 6.85. The summed E-state index contributed by atoms with van der Waals surface area (Å²) < 4.78 is 0. The molecule has 0 fully saturated rings. The molecule has 1 aromatic heterocycles. The van der Waals surface area contributed by atoms with Gasteiger partial charge in [-0.2, -0.15) is 0 Å². The van der Waals surface area contributed by atoms with Gasteiger partial charge in [-0.1, -0.05) is 23.8 Å². The van der Waals surface area contributed by atoms with Crippen LogP contribution in [-0.4, -0.2) is 22.4 Å². The van der Waals surface area contributed by atoms with Gasteiger partial charge in [0, 0.05) is 18.3 Å². The summed E-state index contributed by atoms with van der Waals surface area (Å²) in [6.45, 7) is 4.80. The van der Waals surface area contributed by atoms with Gasteiger partial charge in [0.25, 0.3) is 5.91 Å². The Morgan fingerprint density at radius 2 is 2.04 bits per heavy atom. The van der Waals surface area contributed by atoms with Gasteiger partial charge in [0.1, 0.15) is 17.8 Å². The van der Waals surface area contributed by atoms with Crippen LogP contribution in [0, 0.1) is 13.8 Å². The number of amides is 1. The zero-order valence-electron chi connectivity index (χ0n) is 15.5. The Labute approximate surface area is 155 Å². The third-order valence-corrected chi connectivity index (χ3v) is 4.68. The molecule has 2 aromatic rings. The van der Waals surface area contributed by atoms with Gasteiger partial charge in [0.05, 0.1) is 0 Å². The number of carbonyl (C=O) groups excluding carboxylic acids is 1. The second-order valence-corrected chi connectivity index (χ2v) is 6.85. The van der Waals surface area contributed by atoms with Crippen molar-refractivity contribution in [1.29, 1.82) is 0 Å². The predicted molar refractivity (Wildman–Crippen MR) is 106 cm³/mol. The molecule has 136 valence electrons. The van der Waals surface area contributed by atoms with Crippen molar-refractivity contribution in [3.05, 3.63) is 59.1 Å². The first-order valence-electron chi connectivity index (χ1n) is 9.24. The second kappa shape index (κ2) is 8.61. The third kappa shape index (κ3) is 4.91. The van der Waals surface area contributed by atoms with Crippen molar-refractivity contribution in [2.45, 2.75) is 46.0 Å². The fourth-order valence-corrected chi connectivity index (χ4v) is 3.12. The Bertz CT molecular complexity index is 813. The lowest BCUT2D eigenvalue weighted by molar-refractivity contribution is 0.102. The standard InChI is InChI=1S/C21H26N4O/c1-15-8-9-16(2)18(12-15)25-21(26)19-13-20(24-14-23-19)22-11-10-17-6-4-3-5-7-17/h6,8-9,12-14H,3-5,7,10-11H2,1-2H3,(H,25,26)(H,22,23,24). The average Bonchev–Trinajstić information content (AvgIpc) is 2.66. The summed E-state index contributed by atoms with van der Waals surface area (Å²) in [6.07, 6.45) is 9.81. The van der Waals surface area contributed by atoms with E-state index in [9.17, 15) is 4.79 Å². The SMILES string of the molecule is Cc1ccc(C)c(NC(=O)c2cc(NCCC3=CCCCC3)ncn2)c1. The lowest BCUT2D eigenvalue weighted by Crippen LogP contribution is -2.15. The van der Waals surface area contributed by atoms with Gasteiger partial charge < -0.3 is 10.6 Å². The fourth-order valence-electron chi connectivity index (χ4n) is 3.12. The summed E-state index contributed by atoms with van der Waals surface area (Å²) in [5.74, 6) is 0.460. The first-order valence-corrected chi connectivity index (χ1v) is 9.24. The highest BCUT2D eigenvalue weighted by atomic mass is 16.1. The van der Waals surface area contributed by atoms with E-state index in [0.717, 1.165) is 29.8 Å². The number of nitrogens with zero attached hydrogens (tertiary/aromatic N) is 2. The highest BCUT2D eigenvalue weighted by molar-refractivity contribution is 6.03. The van der Waals surface area contributed by atoms with Crippen molar-refractivity contribution in [1.82, 2.24) is 9.97 Å². The van der Waals surface area contributed by atoms with E-state index in [1.165, 1.54) is 37.6 Å². The lowest BCUT2D eigenvalue weighted by atomic mass is 9.97. The lowest BCUT2D eigenvalue weighted by Gasteiger charge is -2.13. The molecule has 0 bridgehead atoms. The first-order chi connectivity index (χ1) is 12.6. The summed E-state index contributed by atoms with van der Waals surface area (Å²) in [7, 11) is 0. The molecule has 0 aliphatic heterocycles. The van der Waals surface area contributed by atoms with Gasteiger partial charge in [-0.15, -0.1) is 0 Å². The fraction of sp³-hybridized carbons (Fsp3) is 0.381. The van der Waals surface area contributed by atoms with Crippen molar-refractivity contribution in [2.75, 3.05) is 17.2 Å². The van der Waals surface area contributed by atoms with Gasteiger partial charge >= 0.3 is 0 Å². The van der Waals surface area contributed by atoms with Gasteiger partial charge in [-0.25, -0.2) is 9.97 Å². The molecular formula is C21H26N4O. The smallest absolute Gasteiger partial charge is 0.274 e. The van der Waals surface area contributed by atoms with Crippen LogP contribution in [0.25, 0.3) is 0 Å². The number of rotatable bonds is 6. The molecule has 0 atom stereocenters. The summed E-state index contributed by atoms with van der Waals surface area (Å²) >= 11 is 0. The van der Waals surface area contributed by atoms with Crippen LogP contribution in [0.15, 0.2) is 42.2 Å². The molecule has 1 heterocycles. The van der Waals surface area contributed by atoms with Crippen molar-refractivity contribution < 1.29 is 4.79 Å². The molecule has 0 saturated heterocycles. The Morgan fingerprint density at radius 1 is 1.15 bits per heavy atom. The van der Waals surface area contributed by atoms with E-state index < -0.39 is 0 Å². The van der Waals surface area contributed by atoms with Crippen molar-refractivity contribution >= 4 is 17.4 Å². The number of aryl methyl sites for hydroxylation is 2. The summed E-state index contributed by atoms with van der Waals surface area (Å²) in [5.41, 5.74) is 4.82. The molecule has 3 rings (SSSR count). The van der Waals surface area contributed by atoms with Crippen molar-refractivity contribution in [3.8, 4) is 0 Å². The Kier molecular flexibility index (Phi) is 6.00. The van der Waals surface area contributed by atoms with E-state index in [1.54, 1.807) is 6.07 Å². The number of nitrogens with one attached hydrogen (secondary N) is 2. The number of hydrogen-bond donors (Lipinski definition) is 2. The summed E-state index contributed by atoms with van der Waals surface area (Å²) in [5, 5.41) is 6.24. The number of hydrogen-bond acceptors (Lipinski definition) is 4. The molecule has 1 aromatic carbocycles. The normalized spacial score (nSPS) is 13.8. The molecule has 0 unspecified atom stereocenters. The number of aromatic nitrogens is 2. The van der Waals surface area contributed by atoms with Gasteiger partial charge in [0.2, 0.25) is 0 Å². The van der Waals surface area contributed by atoms with E-state index in [1.807, 2.05) is 32.0 Å². The molecule has 5 nitrogen and oxygen atoms in total. The molecular weight excluding hydrogens is 324 g/mol. The minimum atomic E-state index is -0.223. The number of carbonyl (C=O) groups is 1. The predicted octanol–water partition coefficient (Wildman–Crippen LogP) is 4.65. The van der Waals surface area contributed by atoms with Crippen LogP contribution in [0.4, 0.5) is 11.5 Å². The van der Waals surface area contributed by atoms with Crippen molar-refractivity contribution in [3.63, 3.8) is 0 Å². The monoisotopic (exact) mass is 350 g/mol. The quantitative estimate of drug-likeness (QED) is 0.744. The van der Waals surface area contributed by atoms with E-state index in [-0.39, 0.29) is 5.91 Å². The maximum Gasteiger partial charge on any atom is 0.274 e. The highest BCUT2D eigenvalue weighted by Gasteiger charge is 2.11. The zero-order valence-corrected chi connectivity index (χ0v) is 15.5. The zero-order chi connectivity index (χ0) is 18.4. The van der Waals surface area contributed by atoms with E-state index in [2.05, 4.69) is 26.7 Å². The molecule has 0 radical (unpaired) electrons. The minimum absolute atomic E-state index is 0.223. The van der Waals surface area contributed by atoms with E-state index >= 15 is 0 Å². The van der Waals surface area contributed by atoms with Gasteiger partial charge in [-0.05, 0) is 63.1 Å².